The number of aliphatic hydroxyl groups is 1. The summed E-state index contributed by atoms with van der Waals surface area (Å²) in [5.41, 5.74) is 1.11. The molecule has 0 saturated heterocycles. The van der Waals surface area contributed by atoms with Crippen molar-refractivity contribution in [1.29, 1.82) is 0 Å². The summed E-state index contributed by atoms with van der Waals surface area (Å²) in [4.78, 5) is 0. The quantitative estimate of drug-likeness (QED) is 0.669. The van der Waals surface area contributed by atoms with Crippen molar-refractivity contribution in [2.24, 2.45) is 23.7 Å². The molecule has 0 heterocycles. The molecule has 92 valence electrons. The molecule has 0 spiro atoms. The Bertz CT molecular complexity index is 288. The van der Waals surface area contributed by atoms with Crippen LogP contribution in [0.4, 0.5) is 0 Å². The maximum Gasteiger partial charge on any atom is 0.0653 e. The third-order valence-electron chi connectivity index (χ3n) is 4.92. The summed E-state index contributed by atoms with van der Waals surface area (Å²) < 4.78 is 0. The lowest BCUT2D eigenvalue weighted by molar-refractivity contribution is -0.0807. The number of fused-ring (bicyclic) bond motifs is 1. The van der Waals surface area contributed by atoms with Crippen molar-refractivity contribution in [1.82, 2.24) is 0 Å². The SMILES string of the molecule is CC1=CC2C(C(C)C)CC[C@](C)(O)C2CC1. The normalized spacial score (nSPS) is 44.1. The van der Waals surface area contributed by atoms with Gasteiger partial charge in [0.25, 0.3) is 0 Å². The maximum absolute atomic E-state index is 10.5. The highest BCUT2D eigenvalue weighted by molar-refractivity contribution is 5.13. The van der Waals surface area contributed by atoms with Gasteiger partial charge in [0.05, 0.1) is 5.60 Å². The fourth-order valence-corrected chi connectivity index (χ4v) is 3.87. The van der Waals surface area contributed by atoms with E-state index in [0.717, 1.165) is 18.3 Å². The number of allylic oxidation sites excluding steroid dienone is 2. The molecule has 0 aromatic carbocycles. The third kappa shape index (κ3) is 2.07. The smallest absolute Gasteiger partial charge is 0.0653 e. The topological polar surface area (TPSA) is 20.2 Å². The van der Waals surface area contributed by atoms with Gasteiger partial charge < -0.3 is 5.11 Å². The highest BCUT2D eigenvalue weighted by Crippen LogP contribution is 2.49. The predicted molar refractivity (Wildman–Crippen MR) is 68.2 cm³/mol. The Balaban J connectivity index is 2.27. The van der Waals surface area contributed by atoms with E-state index in [1.807, 2.05) is 0 Å². The molecule has 4 atom stereocenters. The fourth-order valence-electron chi connectivity index (χ4n) is 3.87. The second-order valence-corrected chi connectivity index (χ2v) is 6.54. The van der Waals surface area contributed by atoms with Gasteiger partial charge in [-0.2, -0.15) is 0 Å². The van der Waals surface area contributed by atoms with Gasteiger partial charge in [-0.05, 0) is 63.2 Å². The van der Waals surface area contributed by atoms with Crippen LogP contribution in [0.3, 0.4) is 0 Å². The van der Waals surface area contributed by atoms with E-state index in [-0.39, 0.29) is 0 Å². The minimum Gasteiger partial charge on any atom is -0.390 e. The first-order valence-corrected chi connectivity index (χ1v) is 6.81. The van der Waals surface area contributed by atoms with Gasteiger partial charge in [0.15, 0.2) is 0 Å². The molecular weight excluding hydrogens is 196 g/mol. The van der Waals surface area contributed by atoms with Gasteiger partial charge in [-0.25, -0.2) is 0 Å². The van der Waals surface area contributed by atoms with Crippen LogP contribution in [-0.4, -0.2) is 10.7 Å². The molecule has 1 heteroatoms. The van der Waals surface area contributed by atoms with E-state index in [1.54, 1.807) is 0 Å². The van der Waals surface area contributed by atoms with E-state index in [2.05, 4.69) is 33.8 Å². The highest BCUT2D eigenvalue weighted by Gasteiger charge is 2.46. The van der Waals surface area contributed by atoms with E-state index in [0.29, 0.717) is 11.8 Å². The molecule has 2 rings (SSSR count). The molecule has 1 saturated carbocycles. The molecule has 2 aliphatic rings. The summed E-state index contributed by atoms with van der Waals surface area (Å²) in [6.45, 7) is 8.96. The Hall–Kier alpha value is -0.300. The van der Waals surface area contributed by atoms with Gasteiger partial charge in [-0.3, -0.25) is 0 Å². The van der Waals surface area contributed by atoms with Gasteiger partial charge >= 0.3 is 0 Å². The Morgan fingerprint density at radius 3 is 2.69 bits per heavy atom. The van der Waals surface area contributed by atoms with Crippen molar-refractivity contribution in [3.8, 4) is 0 Å². The van der Waals surface area contributed by atoms with Gasteiger partial charge in [0.1, 0.15) is 0 Å². The Kier molecular flexibility index (Phi) is 3.18. The van der Waals surface area contributed by atoms with E-state index >= 15 is 0 Å². The van der Waals surface area contributed by atoms with Crippen molar-refractivity contribution in [3.63, 3.8) is 0 Å². The second kappa shape index (κ2) is 4.18. The number of rotatable bonds is 1. The second-order valence-electron chi connectivity index (χ2n) is 6.54. The van der Waals surface area contributed by atoms with Gasteiger partial charge in [-0.1, -0.05) is 25.5 Å². The zero-order valence-electron chi connectivity index (χ0n) is 11.2. The van der Waals surface area contributed by atoms with Crippen LogP contribution in [-0.2, 0) is 0 Å². The largest absolute Gasteiger partial charge is 0.390 e. The van der Waals surface area contributed by atoms with Crippen molar-refractivity contribution < 1.29 is 5.11 Å². The first-order chi connectivity index (χ1) is 7.42. The molecule has 2 aliphatic carbocycles. The molecule has 16 heavy (non-hydrogen) atoms. The van der Waals surface area contributed by atoms with Crippen LogP contribution in [0.2, 0.25) is 0 Å². The molecule has 1 nitrogen and oxygen atoms in total. The van der Waals surface area contributed by atoms with Crippen LogP contribution in [0.1, 0.15) is 53.4 Å². The molecule has 1 N–H and O–H groups in total. The van der Waals surface area contributed by atoms with Crippen LogP contribution in [0, 0.1) is 23.7 Å². The highest BCUT2D eigenvalue weighted by atomic mass is 16.3. The minimum atomic E-state index is -0.423. The maximum atomic E-state index is 10.5. The first-order valence-electron chi connectivity index (χ1n) is 6.81. The fraction of sp³-hybridized carbons (Fsp3) is 0.867. The Labute approximate surface area is 99.9 Å². The molecule has 0 aromatic heterocycles. The molecular formula is C15H26O. The van der Waals surface area contributed by atoms with Crippen molar-refractivity contribution >= 4 is 0 Å². The zero-order valence-corrected chi connectivity index (χ0v) is 11.2. The molecule has 1 fully saturated rings. The first kappa shape index (κ1) is 12.2. The van der Waals surface area contributed by atoms with Crippen molar-refractivity contribution in [2.75, 3.05) is 0 Å². The van der Waals surface area contributed by atoms with Gasteiger partial charge in [0.2, 0.25) is 0 Å². The standard InChI is InChI=1S/C15H26O/c1-10(2)12-7-8-15(4,16)14-6-5-11(3)9-13(12)14/h9-10,12-14,16H,5-8H2,1-4H3/t12?,13?,14?,15-/m0/s1. The predicted octanol–water partition coefficient (Wildman–Crippen LogP) is 3.78. The Morgan fingerprint density at radius 2 is 2.06 bits per heavy atom. The minimum absolute atomic E-state index is 0.423. The van der Waals surface area contributed by atoms with Crippen LogP contribution < -0.4 is 0 Å². The number of hydrogen-bond donors (Lipinski definition) is 1. The lowest BCUT2D eigenvalue weighted by Gasteiger charge is -2.49. The van der Waals surface area contributed by atoms with Crippen LogP contribution in [0.5, 0.6) is 0 Å². The summed E-state index contributed by atoms with van der Waals surface area (Å²) in [5, 5.41) is 10.5. The van der Waals surface area contributed by atoms with Crippen molar-refractivity contribution in [3.05, 3.63) is 11.6 Å². The van der Waals surface area contributed by atoms with Crippen molar-refractivity contribution in [2.45, 2.75) is 59.0 Å². The van der Waals surface area contributed by atoms with E-state index in [1.165, 1.54) is 24.8 Å². The summed E-state index contributed by atoms with van der Waals surface area (Å²) in [6, 6.07) is 0. The van der Waals surface area contributed by atoms with Crippen LogP contribution >= 0.6 is 0 Å². The van der Waals surface area contributed by atoms with Gasteiger partial charge in [0, 0.05) is 0 Å². The average molecular weight is 222 g/mol. The van der Waals surface area contributed by atoms with Crippen LogP contribution in [0.15, 0.2) is 11.6 Å². The summed E-state index contributed by atoms with van der Waals surface area (Å²) in [6.07, 6.45) is 7.01. The third-order valence-corrected chi connectivity index (χ3v) is 4.92. The lowest BCUT2D eigenvalue weighted by Crippen LogP contribution is -2.48. The summed E-state index contributed by atoms with van der Waals surface area (Å²) in [5.74, 6) is 2.64. The van der Waals surface area contributed by atoms with E-state index in [9.17, 15) is 5.11 Å². The molecule has 3 unspecified atom stereocenters. The summed E-state index contributed by atoms with van der Waals surface area (Å²) >= 11 is 0. The van der Waals surface area contributed by atoms with Crippen LogP contribution in [0.25, 0.3) is 0 Å². The monoisotopic (exact) mass is 222 g/mol. The lowest BCUT2D eigenvalue weighted by atomic mass is 9.58. The zero-order chi connectivity index (χ0) is 11.9. The summed E-state index contributed by atoms with van der Waals surface area (Å²) in [7, 11) is 0. The molecule has 0 radical (unpaired) electrons. The Morgan fingerprint density at radius 1 is 1.38 bits per heavy atom. The van der Waals surface area contributed by atoms with Gasteiger partial charge in [-0.15, -0.1) is 0 Å². The molecule has 0 bridgehead atoms. The van der Waals surface area contributed by atoms with E-state index < -0.39 is 5.60 Å². The average Bonchev–Trinajstić information content (AvgIpc) is 2.16. The molecule has 0 aromatic rings. The molecule has 0 amide bonds. The number of hydrogen-bond acceptors (Lipinski definition) is 1. The van der Waals surface area contributed by atoms with E-state index in [4.69, 9.17) is 0 Å². The molecule has 0 aliphatic heterocycles.